The summed E-state index contributed by atoms with van der Waals surface area (Å²) in [6.45, 7) is 5.35. The van der Waals surface area contributed by atoms with Crippen molar-refractivity contribution in [3.8, 4) is 11.3 Å². The van der Waals surface area contributed by atoms with Crippen molar-refractivity contribution in [1.29, 1.82) is 0 Å². The number of carboxylic acid groups (broad SMARTS) is 1. The molecule has 2 aliphatic carbocycles. The van der Waals surface area contributed by atoms with Crippen molar-refractivity contribution in [3.05, 3.63) is 52.5 Å². The summed E-state index contributed by atoms with van der Waals surface area (Å²) in [4.78, 5) is 17.4. The van der Waals surface area contributed by atoms with Crippen LogP contribution in [0.25, 0.3) is 22.2 Å². The molecule has 1 N–H and O–H groups in total. The van der Waals surface area contributed by atoms with Crippen LogP contribution < -0.4 is 4.90 Å². The second kappa shape index (κ2) is 11.6. The number of nitrogens with zero attached hydrogens (tertiary/aromatic N) is 3. The van der Waals surface area contributed by atoms with Crippen LogP contribution >= 0.6 is 11.6 Å². The van der Waals surface area contributed by atoms with Gasteiger partial charge in [-0.2, -0.15) is 0 Å². The molecule has 1 saturated heterocycles. The molecule has 6 heteroatoms. The van der Waals surface area contributed by atoms with Crippen LogP contribution in [0.2, 0.25) is 5.02 Å². The predicted octanol–water partition coefficient (Wildman–Crippen LogP) is 8.57. The van der Waals surface area contributed by atoms with Crippen LogP contribution in [0.3, 0.4) is 0 Å². The Balaban J connectivity index is 1.24. The molecular weight excluding hydrogens is 530 g/mol. The zero-order valence-electron chi connectivity index (χ0n) is 24.3. The van der Waals surface area contributed by atoms with E-state index >= 15 is 0 Å². The molecule has 2 aliphatic heterocycles. The Labute approximate surface area is 249 Å². The Bertz CT molecular complexity index is 1420. The molecule has 3 fully saturated rings. The molecule has 1 unspecified atom stereocenters. The van der Waals surface area contributed by atoms with Gasteiger partial charge in [-0.25, -0.2) is 4.79 Å². The van der Waals surface area contributed by atoms with E-state index < -0.39 is 5.97 Å². The Morgan fingerprint density at radius 1 is 0.878 bits per heavy atom. The zero-order valence-corrected chi connectivity index (χ0v) is 25.0. The van der Waals surface area contributed by atoms with Crippen molar-refractivity contribution in [3.63, 3.8) is 0 Å². The van der Waals surface area contributed by atoms with Gasteiger partial charge in [0, 0.05) is 59.4 Å². The van der Waals surface area contributed by atoms with E-state index in [4.69, 9.17) is 11.6 Å². The number of benzene rings is 2. The van der Waals surface area contributed by atoms with Crippen LogP contribution in [0.4, 0.5) is 5.69 Å². The Hall–Kier alpha value is -2.50. The lowest BCUT2D eigenvalue weighted by atomic mass is 9.81. The fourth-order valence-corrected chi connectivity index (χ4v) is 8.82. The van der Waals surface area contributed by atoms with Crippen LogP contribution in [0, 0.1) is 5.92 Å². The molecule has 2 saturated carbocycles. The molecule has 1 atom stereocenters. The molecule has 4 aliphatic rings. The van der Waals surface area contributed by atoms with Gasteiger partial charge in [0.2, 0.25) is 0 Å². The van der Waals surface area contributed by atoms with Crippen molar-refractivity contribution in [1.82, 2.24) is 9.47 Å². The lowest BCUT2D eigenvalue weighted by Crippen LogP contribution is -2.42. The summed E-state index contributed by atoms with van der Waals surface area (Å²) in [5.74, 6) is 0.409. The number of carboxylic acids is 1. The molecule has 2 aromatic carbocycles. The number of carbonyl (C=O) groups is 1. The number of aromatic nitrogens is 1. The standard InChI is InChI=1S/C35H44ClN3O2/c36-27-13-15-30-31(22-27)37(18-16-24-7-6-17-38(23-24)28-10-4-5-11-28)19-20-39-32-21-26(35(40)41)12-14-29(32)33(34(30)39)25-8-2-1-3-9-25/h12-15,21-22,24-25,28H,1-11,16-20,23H2,(H,40,41). The van der Waals surface area contributed by atoms with Gasteiger partial charge in [-0.15, -0.1) is 0 Å². The fourth-order valence-electron chi connectivity index (χ4n) is 8.65. The van der Waals surface area contributed by atoms with Gasteiger partial charge in [0.1, 0.15) is 0 Å². The molecule has 0 spiro atoms. The van der Waals surface area contributed by atoms with Gasteiger partial charge in [-0.1, -0.05) is 49.8 Å². The van der Waals surface area contributed by atoms with Gasteiger partial charge >= 0.3 is 5.97 Å². The van der Waals surface area contributed by atoms with E-state index in [1.807, 2.05) is 12.1 Å². The highest BCUT2D eigenvalue weighted by atomic mass is 35.5. The number of aromatic carboxylic acids is 1. The first kappa shape index (κ1) is 27.3. The monoisotopic (exact) mass is 573 g/mol. The van der Waals surface area contributed by atoms with Gasteiger partial charge in [0.15, 0.2) is 0 Å². The maximum Gasteiger partial charge on any atom is 0.335 e. The van der Waals surface area contributed by atoms with Crippen LogP contribution in [0.5, 0.6) is 0 Å². The topological polar surface area (TPSA) is 48.7 Å². The lowest BCUT2D eigenvalue weighted by Gasteiger charge is -2.37. The highest BCUT2D eigenvalue weighted by Gasteiger charge is 2.32. The summed E-state index contributed by atoms with van der Waals surface area (Å²) in [5, 5.41) is 11.9. The summed E-state index contributed by atoms with van der Waals surface area (Å²) in [5.41, 5.74) is 6.68. The molecule has 5 nitrogen and oxygen atoms in total. The van der Waals surface area contributed by atoms with Gasteiger partial charge < -0.3 is 19.5 Å². The van der Waals surface area contributed by atoms with Gasteiger partial charge in [-0.3, -0.25) is 0 Å². The number of likely N-dealkylation sites (tertiary alicyclic amines) is 1. The Morgan fingerprint density at radius 3 is 2.49 bits per heavy atom. The highest BCUT2D eigenvalue weighted by Crippen LogP contribution is 2.48. The first-order chi connectivity index (χ1) is 20.1. The van der Waals surface area contributed by atoms with E-state index in [0.717, 1.165) is 42.1 Å². The summed E-state index contributed by atoms with van der Waals surface area (Å²) in [7, 11) is 0. The van der Waals surface area contributed by atoms with E-state index in [1.54, 1.807) is 6.07 Å². The third-order valence-corrected chi connectivity index (χ3v) is 10.9. The largest absolute Gasteiger partial charge is 0.478 e. The van der Waals surface area contributed by atoms with E-state index in [0.29, 0.717) is 11.5 Å². The minimum atomic E-state index is -0.858. The van der Waals surface area contributed by atoms with E-state index in [2.05, 4.69) is 32.6 Å². The zero-order chi connectivity index (χ0) is 27.9. The van der Waals surface area contributed by atoms with Gasteiger partial charge in [-0.05, 0) is 99.2 Å². The van der Waals surface area contributed by atoms with Crippen LogP contribution in [-0.2, 0) is 6.54 Å². The number of rotatable bonds is 6. The third kappa shape index (κ3) is 5.29. The molecule has 3 heterocycles. The van der Waals surface area contributed by atoms with Crippen LogP contribution in [0.1, 0.15) is 98.9 Å². The Morgan fingerprint density at radius 2 is 1.68 bits per heavy atom. The number of hydrogen-bond acceptors (Lipinski definition) is 3. The number of anilines is 1. The van der Waals surface area contributed by atoms with Crippen molar-refractivity contribution in [2.24, 2.45) is 5.92 Å². The molecule has 218 valence electrons. The molecular formula is C35H44ClN3O2. The lowest BCUT2D eigenvalue weighted by molar-refractivity contribution is 0.0697. The number of fused-ring (bicyclic) bond motifs is 5. The molecule has 0 bridgehead atoms. The number of halogens is 1. The van der Waals surface area contributed by atoms with E-state index in [9.17, 15) is 9.90 Å². The molecule has 3 aromatic rings. The van der Waals surface area contributed by atoms with Crippen molar-refractivity contribution in [2.45, 2.75) is 95.6 Å². The molecule has 7 rings (SSSR count). The molecule has 41 heavy (non-hydrogen) atoms. The van der Waals surface area contributed by atoms with Gasteiger partial charge in [0.25, 0.3) is 0 Å². The fraction of sp³-hybridized carbons (Fsp3) is 0.571. The first-order valence-corrected chi connectivity index (χ1v) is 16.6. The average molecular weight is 574 g/mol. The predicted molar refractivity (Wildman–Crippen MR) is 169 cm³/mol. The minimum absolute atomic E-state index is 0.370. The van der Waals surface area contributed by atoms with Crippen molar-refractivity contribution in [2.75, 3.05) is 31.1 Å². The molecule has 0 radical (unpaired) electrons. The second-order valence-corrected chi connectivity index (χ2v) is 13.6. The summed E-state index contributed by atoms with van der Waals surface area (Å²) in [6, 6.07) is 13.1. The minimum Gasteiger partial charge on any atom is -0.478 e. The maximum atomic E-state index is 12.0. The highest BCUT2D eigenvalue weighted by molar-refractivity contribution is 6.31. The van der Waals surface area contributed by atoms with Crippen molar-refractivity contribution >= 4 is 34.2 Å². The SMILES string of the molecule is O=C(O)c1ccc2c(C3CCCCC3)c3n(c2c1)CCN(CCC1CCCN(C2CCCC2)C1)c1cc(Cl)ccc1-3. The maximum absolute atomic E-state index is 12.0. The molecule has 0 amide bonds. The van der Waals surface area contributed by atoms with E-state index in [-0.39, 0.29) is 0 Å². The number of hydrogen-bond donors (Lipinski definition) is 1. The summed E-state index contributed by atoms with van der Waals surface area (Å²) in [6.07, 6.45) is 15.7. The second-order valence-electron chi connectivity index (χ2n) is 13.2. The van der Waals surface area contributed by atoms with Crippen LogP contribution in [0.15, 0.2) is 36.4 Å². The van der Waals surface area contributed by atoms with Crippen LogP contribution in [-0.4, -0.2) is 52.8 Å². The summed E-state index contributed by atoms with van der Waals surface area (Å²) < 4.78 is 2.45. The van der Waals surface area contributed by atoms with Crippen molar-refractivity contribution < 1.29 is 9.90 Å². The normalized spacial score (nSPS) is 22.6. The van der Waals surface area contributed by atoms with E-state index in [1.165, 1.54) is 118 Å². The summed E-state index contributed by atoms with van der Waals surface area (Å²) >= 11 is 6.68. The first-order valence-electron chi connectivity index (χ1n) is 16.2. The Kier molecular flexibility index (Phi) is 7.77. The molecule has 1 aromatic heterocycles. The third-order valence-electron chi connectivity index (χ3n) is 10.7. The average Bonchev–Trinajstić information content (AvgIpc) is 3.61. The number of piperidine rings is 1. The quantitative estimate of drug-likeness (QED) is 0.321. The van der Waals surface area contributed by atoms with Gasteiger partial charge in [0.05, 0.1) is 11.3 Å². The smallest absolute Gasteiger partial charge is 0.335 e.